The number of allylic oxidation sites excluding steroid dienone is 3. The van der Waals surface area contributed by atoms with E-state index in [2.05, 4.69) is 23.3 Å². The van der Waals surface area contributed by atoms with Gasteiger partial charge in [0, 0.05) is 36.4 Å². The quantitative estimate of drug-likeness (QED) is 0.235. The Balaban J connectivity index is 1.32. The highest BCUT2D eigenvalue weighted by atomic mass is 32.2. The average Bonchev–Trinajstić information content (AvgIpc) is 3.57. The number of aromatic nitrogens is 3. The lowest BCUT2D eigenvalue weighted by molar-refractivity contribution is -0.513. The minimum atomic E-state index is -1.53. The molecule has 1 aromatic carbocycles. The van der Waals surface area contributed by atoms with Crippen LogP contribution in [0.2, 0.25) is 0 Å². The Hall–Kier alpha value is -3.66. The third-order valence-electron chi connectivity index (χ3n) is 11.1. The zero-order valence-corrected chi connectivity index (χ0v) is 26.4. The Labute approximate surface area is 265 Å². The molecule has 0 saturated heterocycles. The van der Waals surface area contributed by atoms with E-state index in [1.807, 2.05) is 18.3 Å². The molecule has 6 rings (SSSR count). The molecule has 2 aromatic rings. The number of hydrogen-bond acceptors (Lipinski definition) is 9. The number of aliphatic hydroxyl groups excluding tert-OH is 1. The Morgan fingerprint density at radius 3 is 2.73 bits per heavy atom. The van der Waals surface area contributed by atoms with Gasteiger partial charge in [0.2, 0.25) is 5.12 Å². The van der Waals surface area contributed by atoms with Crippen LogP contribution >= 0.6 is 11.8 Å². The Morgan fingerprint density at radius 2 is 2.07 bits per heavy atom. The summed E-state index contributed by atoms with van der Waals surface area (Å²) in [6.07, 6.45) is 7.57. The van der Waals surface area contributed by atoms with Gasteiger partial charge in [-0.15, -0.1) is 5.10 Å². The van der Waals surface area contributed by atoms with Gasteiger partial charge in [-0.1, -0.05) is 36.4 Å². The van der Waals surface area contributed by atoms with Crippen LogP contribution in [0.25, 0.3) is 0 Å². The highest BCUT2D eigenvalue weighted by Gasteiger charge is 2.70. The Kier molecular flexibility index (Phi) is 8.08. The lowest BCUT2D eigenvalue weighted by atomic mass is 9.45. The number of thioether (sulfide) groups is 1. The fraction of sp³-hybridized carbons (Fsp3) is 0.515. The van der Waals surface area contributed by atoms with Gasteiger partial charge in [0.15, 0.2) is 11.3 Å². The van der Waals surface area contributed by atoms with Crippen LogP contribution in [-0.4, -0.2) is 54.9 Å². The number of ether oxygens (including phenoxy) is 1. The molecule has 3 saturated carbocycles. The maximum atomic E-state index is 13.9. The lowest BCUT2D eigenvalue weighted by Gasteiger charge is -2.60. The van der Waals surface area contributed by atoms with Crippen LogP contribution in [0.15, 0.2) is 53.4 Å². The minimum Gasteiger partial charge on any atom is -0.445 e. The maximum Gasteiger partial charge on any atom is 0.361 e. The molecule has 45 heavy (non-hydrogen) atoms. The molecule has 0 bridgehead atoms. The second kappa shape index (κ2) is 11.6. The standard InChI is InChI=1S/C33H37FN6O4S/c1-31-15-19(17-36)25(37-22-7-5-21(34)6-8-22)14-20(31)4-9-23-24-10-11-33(30(43)45-13-12-35,32(24,2)16-27(41)28(23)31)44-29(42)26-18-40(3)39-38-26/h5-8,14,17-18,23-24,27-28,36-37,41H,4,9-11,13,15-16H2,1-3H3/p+1/t23-,24?,27-,28?,31-,32-,33-/m0/s1. The van der Waals surface area contributed by atoms with Crippen LogP contribution in [0.1, 0.15) is 62.9 Å². The number of halogens is 1. The zero-order chi connectivity index (χ0) is 32.1. The summed E-state index contributed by atoms with van der Waals surface area (Å²) in [7, 11) is 1.64. The number of esters is 1. The first kappa shape index (κ1) is 31.3. The first-order valence-electron chi connectivity index (χ1n) is 15.3. The van der Waals surface area contributed by atoms with Crippen molar-refractivity contribution in [2.24, 2.45) is 35.6 Å². The fourth-order valence-corrected chi connectivity index (χ4v) is 9.93. The number of rotatable bonds is 7. The first-order chi connectivity index (χ1) is 21.5. The maximum absolute atomic E-state index is 13.9. The molecule has 10 nitrogen and oxygen atoms in total. The van der Waals surface area contributed by atoms with E-state index in [0.29, 0.717) is 19.3 Å². The predicted molar refractivity (Wildman–Crippen MR) is 164 cm³/mol. The highest BCUT2D eigenvalue weighted by molar-refractivity contribution is 8.14. The number of nitrogens with one attached hydrogen (secondary N) is 1. The molecule has 3 fully saturated rings. The van der Waals surface area contributed by atoms with Gasteiger partial charge in [-0.25, -0.2) is 9.18 Å². The molecule has 4 aliphatic carbocycles. The van der Waals surface area contributed by atoms with E-state index in [4.69, 9.17) is 10.1 Å². The van der Waals surface area contributed by atoms with Crippen molar-refractivity contribution in [3.05, 3.63) is 64.9 Å². The molecule has 236 valence electrons. The third kappa shape index (κ3) is 5.05. The number of aliphatic hydroxyl groups is 1. The van der Waals surface area contributed by atoms with Gasteiger partial charge in [0.25, 0.3) is 0 Å². The van der Waals surface area contributed by atoms with Gasteiger partial charge in [0.1, 0.15) is 17.2 Å². The Morgan fingerprint density at radius 1 is 1.31 bits per heavy atom. The summed E-state index contributed by atoms with van der Waals surface area (Å²) in [4.78, 5) is 27.3. The third-order valence-corrected chi connectivity index (χ3v) is 12.0. The zero-order valence-electron chi connectivity index (χ0n) is 25.6. The van der Waals surface area contributed by atoms with E-state index in [1.165, 1.54) is 34.8 Å². The minimum absolute atomic E-state index is 0.00221. The summed E-state index contributed by atoms with van der Waals surface area (Å²) in [5.41, 5.74) is 1.06. The van der Waals surface area contributed by atoms with Crippen LogP contribution in [0.4, 0.5) is 10.1 Å². The molecular formula is C33H38FN6O4S+. The van der Waals surface area contributed by atoms with Crippen molar-refractivity contribution in [3.8, 4) is 6.07 Å². The number of quaternary nitrogens is 1. The van der Waals surface area contributed by atoms with Crippen LogP contribution in [0.5, 0.6) is 0 Å². The van der Waals surface area contributed by atoms with E-state index < -0.39 is 28.5 Å². The van der Waals surface area contributed by atoms with E-state index in [0.717, 1.165) is 41.6 Å². The molecule has 0 radical (unpaired) electrons. The summed E-state index contributed by atoms with van der Waals surface area (Å²) >= 11 is 0.858. The number of carbonyl (C=O) groups excluding carboxylic acids is 2. The molecule has 0 amide bonds. The monoisotopic (exact) mass is 633 g/mol. The van der Waals surface area contributed by atoms with Gasteiger partial charge >= 0.3 is 5.97 Å². The molecule has 1 heterocycles. The fourth-order valence-electron chi connectivity index (χ4n) is 9.13. The number of nitrogens with zero attached hydrogens (tertiary/aromatic N) is 4. The topological polar surface area (TPSA) is 159 Å². The van der Waals surface area contributed by atoms with E-state index >= 15 is 0 Å². The van der Waals surface area contributed by atoms with Crippen molar-refractivity contribution in [1.82, 2.24) is 15.0 Å². The molecule has 0 aliphatic heterocycles. The molecule has 2 unspecified atom stereocenters. The smallest absolute Gasteiger partial charge is 0.361 e. The summed E-state index contributed by atoms with van der Waals surface area (Å²) < 4.78 is 21.1. The normalized spacial score (nSPS) is 33.7. The van der Waals surface area contributed by atoms with Crippen molar-refractivity contribution in [3.63, 3.8) is 0 Å². The SMILES string of the molecule is Cn1cc(C(=O)O[C@]2(C(=O)SCC#N)CCC3[C@@H]4CCC5=CC([NH2+]c6ccc(F)cc6)=C(C=N)C[C@]5(C)C4[C@@H](O)C[C@@]32C)nn1. The number of aryl methyl sites for hydroxylation is 1. The molecule has 1 aromatic heterocycles. The Bertz CT molecular complexity index is 1650. The predicted octanol–water partition coefficient (Wildman–Crippen LogP) is 3.98. The van der Waals surface area contributed by atoms with Gasteiger partial charge in [-0.05, 0) is 79.9 Å². The lowest BCUT2D eigenvalue weighted by Crippen LogP contribution is -2.76. The van der Waals surface area contributed by atoms with Crippen molar-refractivity contribution in [1.29, 1.82) is 10.7 Å². The first-order valence-corrected chi connectivity index (χ1v) is 16.3. The number of hydrogen-bond donors (Lipinski definition) is 3. The molecule has 0 spiro atoms. The van der Waals surface area contributed by atoms with Gasteiger partial charge in [0.05, 0.1) is 24.1 Å². The van der Waals surface area contributed by atoms with Crippen molar-refractivity contribution < 1.29 is 29.1 Å². The number of benzene rings is 1. The van der Waals surface area contributed by atoms with Gasteiger partial charge < -0.3 is 15.3 Å². The number of nitriles is 1. The highest BCUT2D eigenvalue weighted by Crippen LogP contribution is 2.69. The molecular weight excluding hydrogens is 595 g/mol. The number of nitrogens with two attached hydrogens (primary N) is 1. The van der Waals surface area contributed by atoms with Crippen molar-refractivity contribution >= 4 is 34.7 Å². The number of fused-ring (bicyclic) bond motifs is 5. The molecule has 12 heteroatoms. The molecule has 7 atom stereocenters. The summed E-state index contributed by atoms with van der Waals surface area (Å²) in [5.74, 6) is -1.19. The van der Waals surface area contributed by atoms with Crippen LogP contribution in [0.3, 0.4) is 0 Å². The summed E-state index contributed by atoms with van der Waals surface area (Å²) in [6.45, 7) is 4.15. The molecule has 4 aliphatic rings. The van der Waals surface area contributed by atoms with Crippen LogP contribution < -0.4 is 5.32 Å². The second-order valence-corrected chi connectivity index (χ2v) is 14.3. The average molecular weight is 634 g/mol. The van der Waals surface area contributed by atoms with E-state index in [1.54, 1.807) is 19.2 Å². The second-order valence-electron chi connectivity index (χ2n) is 13.4. The van der Waals surface area contributed by atoms with Crippen molar-refractivity contribution in [2.75, 3.05) is 5.75 Å². The van der Waals surface area contributed by atoms with Crippen LogP contribution in [-0.2, 0) is 16.6 Å². The summed E-state index contributed by atoms with van der Waals surface area (Å²) in [6, 6.07) is 8.30. The van der Waals surface area contributed by atoms with Crippen LogP contribution in [0, 0.1) is 51.1 Å². The van der Waals surface area contributed by atoms with Crippen molar-refractivity contribution in [2.45, 2.75) is 64.1 Å². The number of carbonyl (C=O) groups is 2. The summed E-state index contributed by atoms with van der Waals surface area (Å²) in [5, 5.41) is 38.9. The van der Waals surface area contributed by atoms with E-state index in [9.17, 15) is 24.3 Å². The van der Waals surface area contributed by atoms with Gasteiger partial charge in [-0.2, -0.15) is 5.26 Å². The molecule has 4 N–H and O–H groups in total. The van der Waals surface area contributed by atoms with E-state index in [-0.39, 0.29) is 46.6 Å². The largest absolute Gasteiger partial charge is 0.445 e. The van der Waals surface area contributed by atoms with Gasteiger partial charge in [-0.3, -0.25) is 14.8 Å².